The van der Waals surface area contributed by atoms with Crippen LogP contribution >= 0.6 is 0 Å². The van der Waals surface area contributed by atoms with Gasteiger partial charge in [0.2, 0.25) is 11.8 Å². The van der Waals surface area contributed by atoms with Crippen LogP contribution in [0.3, 0.4) is 0 Å². The van der Waals surface area contributed by atoms with Crippen LogP contribution < -0.4 is 10.6 Å². The summed E-state index contributed by atoms with van der Waals surface area (Å²) in [5, 5.41) is 14.9. The molecule has 5 nitrogen and oxygen atoms in total. The van der Waals surface area contributed by atoms with Gasteiger partial charge in [-0.25, -0.2) is 0 Å². The maximum absolute atomic E-state index is 11.7. The molecule has 116 valence electrons. The van der Waals surface area contributed by atoms with Crippen LogP contribution in [0.2, 0.25) is 0 Å². The van der Waals surface area contributed by atoms with Crippen molar-refractivity contribution in [2.75, 3.05) is 13.1 Å². The number of aliphatic hydroxyl groups excluding tert-OH is 1. The van der Waals surface area contributed by atoms with Gasteiger partial charge in [-0.2, -0.15) is 0 Å². The fourth-order valence-electron chi connectivity index (χ4n) is 2.08. The van der Waals surface area contributed by atoms with Gasteiger partial charge in [0.05, 0.1) is 12.6 Å². The minimum absolute atomic E-state index is 0.0111. The van der Waals surface area contributed by atoms with Crippen molar-refractivity contribution in [2.45, 2.75) is 38.7 Å². The predicted octanol–water partition coefficient (Wildman–Crippen LogP) is 1.18. The van der Waals surface area contributed by atoms with Gasteiger partial charge in [0, 0.05) is 18.9 Å². The van der Waals surface area contributed by atoms with E-state index in [-0.39, 0.29) is 24.3 Å². The van der Waals surface area contributed by atoms with Crippen molar-refractivity contribution in [1.82, 2.24) is 10.6 Å². The first-order valence-corrected chi connectivity index (χ1v) is 7.29. The molecule has 0 saturated heterocycles. The minimum atomic E-state index is -0.438. The van der Waals surface area contributed by atoms with E-state index in [0.717, 1.165) is 5.56 Å². The number of rotatable bonds is 8. The second-order valence-corrected chi connectivity index (χ2v) is 5.13. The Labute approximate surface area is 125 Å². The van der Waals surface area contributed by atoms with Crippen molar-refractivity contribution in [2.24, 2.45) is 0 Å². The molecular formula is C16H24N2O3. The molecular weight excluding hydrogens is 268 g/mol. The van der Waals surface area contributed by atoms with Crippen molar-refractivity contribution in [3.05, 3.63) is 35.9 Å². The first kappa shape index (κ1) is 17.2. The molecule has 0 aliphatic carbocycles. The summed E-state index contributed by atoms with van der Waals surface area (Å²) in [6.45, 7) is 3.90. The number of hydrogen-bond donors (Lipinski definition) is 3. The summed E-state index contributed by atoms with van der Waals surface area (Å²) in [6.07, 6.45) is 0.500. The lowest BCUT2D eigenvalue weighted by atomic mass is 9.93. The van der Waals surface area contributed by atoms with Gasteiger partial charge in [0.1, 0.15) is 0 Å². The zero-order valence-electron chi connectivity index (χ0n) is 12.6. The molecule has 3 N–H and O–H groups in total. The third-order valence-electron chi connectivity index (χ3n) is 3.21. The highest BCUT2D eigenvalue weighted by molar-refractivity contribution is 5.84. The molecule has 5 heteroatoms. The zero-order chi connectivity index (χ0) is 15.7. The lowest BCUT2D eigenvalue weighted by molar-refractivity contribution is -0.125. The van der Waals surface area contributed by atoms with E-state index in [0.29, 0.717) is 19.4 Å². The molecule has 0 aliphatic rings. The van der Waals surface area contributed by atoms with Crippen LogP contribution in [0.25, 0.3) is 0 Å². The normalized spacial score (nSPS) is 13.3. The molecule has 0 aromatic heterocycles. The Balaban J connectivity index is 2.50. The number of carbonyl (C=O) groups excluding carboxylic acids is 2. The van der Waals surface area contributed by atoms with Gasteiger partial charge in [-0.15, -0.1) is 0 Å². The van der Waals surface area contributed by atoms with Crippen LogP contribution in [0.15, 0.2) is 30.3 Å². The van der Waals surface area contributed by atoms with Crippen LogP contribution in [0.4, 0.5) is 0 Å². The summed E-state index contributed by atoms with van der Waals surface area (Å²) >= 11 is 0. The summed E-state index contributed by atoms with van der Waals surface area (Å²) in [5.74, 6) is -0.311. The van der Waals surface area contributed by atoms with E-state index in [9.17, 15) is 14.7 Å². The van der Waals surface area contributed by atoms with Crippen molar-refractivity contribution >= 4 is 11.8 Å². The Kier molecular flexibility index (Phi) is 7.46. The Bertz CT molecular complexity index is 446. The lowest BCUT2D eigenvalue weighted by Gasteiger charge is -2.19. The topological polar surface area (TPSA) is 78.4 Å². The predicted molar refractivity (Wildman–Crippen MR) is 81.8 cm³/mol. The minimum Gasteiger partial charge on any atom is -0.393 e. The molecule has 0 bridgehead atoms. The molecule has 0 aliphatic heterocycles. The van der Waals surface area contributed by atoms with Crippen LogP contribution in [-0.2, 0) is 9.59 Å². The average Bonchev–Trinajstić information content (AvgIpc) is 2.49. The second kappa shape index (κ2) is 9.13. The lowest BCUT2D eigenvalue weighted by Crippen LogP contribution is -2.38. The van der Waals surface area contributed by atoms with Crippen molar-refractivity contribution in [3.8, 4) is 0 Å². The molecule has 0 saturated carbocycles. The van der Waals surface area contributed by atoms with Gasteiger partial charge < -0.3 is 15.7 Å². The van der Waals surface area contributed by atoms with Crippen LogP contribution in [0, 0.1) is 0 Å². The standard InChI is InChI=1S/C16H24N2O3/c1-3-15(20)18-11-16(21)17-10-14(9-12(2)19)13-7-5-4-6-8-13/h4-8,12,14,19H,3,9-11H2,1-2H3,(H,17,21)(H,18,20). The molecule has 21 heavy (non-hydrogen) atoms. The summed E-state index contributed by atoms with van der Waals surface area (Å²) in [6, 6.07) is 9.78. The van der Waals surface area contributed by atoms with E-state index in [1.807, 2.05) is 30.3 Å². The molecule has 0 spiro atoms. The summed E-state index contributed by atoms with van der Waals surface area (Å²) in [4.78, 5) is 22.8. The van der Waals surface area contributed by atoms with Crippen LogP contribution in [-0.4, -0.2) is 36.1 Å². The maximum Gasteiger partial charge on any atom is 0.239 e. The monoisotopic (exact) mass is 292 g/mol. The molecule has 1 rings (SSSR count). The highest BCUT2D eigenvalue weighted by Crippen LogP contribution is 2.20. The average molecular weight is 292 g/mol. The van der Waals surface area contributed by atoms with Crippen molar-refractivity contribution in [3.63, 3.8) is 0 Å². The molecule has 0 radical (unpaired) electrons. The molecule has 1 aromatic carbocycles. The second-order valence-electron chi connectivity index (χ2n) is 5.13. The summed E-state index contributed by atoms with van der Waals surface area (Å²) < 4.78 is 0. The number of benzene rings is 1. The van der Waals surface area contributed by atoms with Crippen LogP contribution in [0.5, 0.6) is 0 Å². The Morgan fingerprint density at radius 3 is 2.38 bits per heavy atom. The number of carbonyl (C=O) groups is 2. The molecule has 1 aromatic rings. The molecule has 2 unspecified atom stereocenters. The van der Waals surface area contributed by atoms with Gasteiger partial charge in [0.25, 0.3) is 0 Å². The zero-order valence-corrected chi connectivity index (χ0v) is 12.6. The first-order valence-electron chi connectivity index (χ1n) is 7.29. The smallest absolute Gasteiger partial charge is 0.239 e. The number of aliphatic hydroxyl groups is 1. The largest absolute Gasteiger partial charge is 0.393 e. The molecule has 2 amide bonds. The number of hydrogen-bond acceptors (Lipinski definition) is 3. The van der Waals surface area contributed by atoms with Crippen LogP contribution in [0.1, 0.15) is 38.2 Å². The van der Waals surface area contributed by atoms with E-state index in [1.165, 1.54) is 0 Å². The first-order chi connectivity index (χ1) is 10.0. The van der Waals surface area contributed by atoms with Gasteiger partial charge >= 0.3 is 0 Å². The molecule has 2 atom stereocenters. The Morgan fingerprint density at radius 1 is 1.14 bits per heavy atom. The van der Waals surface area contributed by atoms with Crippen molar-refractivity contribution < 1.29 is 14.7 Å². The van der Waals surface area contributed by atoms with Crippen molar-refractivity contribution in [1.29, 1.82) is 0 Å². The Hall–Kier alpha value is -1.88. The van der Waals surface area contributed by atoms with E-state index in [1.54, 1.807) is 13.8 Å². The van der Waals surface area contributed by atoms with E-state index in [4.69, 9.17) is 0 Å². The van der Waals surface area contributed by atoms with E-state index in [2.05, 4.69) is 10.6 Å². The third-order valence-corrected chi connectivity index (χ3v) is 3.21. The van der Waals surface area contributed by atoms with E-state index < -0.39 is 6.10 Å². The quantitative estimate of drug-likeness (QED) is 0.673. The van der Waals surface area contributed by atoms with E-state index >= 15 is 0 Å². The Morgan fingerprint density at radius 2 is 1.81 bits per heavy atom. The highest BCUT2D eigenvalue weighted by Gasteiger charge is 2.15. The fraction of sp³-hybridized carbons (Fsp3) is 0.500. The highest BCUT2D eigenvalue weighted by atomic mass is 16.3. The maximum atomic E-state index is 11.7. The number of amides is 2. The molecule has 0 fully saturated rings. The summed E-state index contributed by atoms with van der Waals surface area (Å²) in [5.41, 5.74) is 1.08. The van der Waals surface area contributed by atoms with Gasteiger partial charge in [-0.3, -0.25) is 9.59 Å². The van der Waals surface area contributed by atoms with Gasteiger partial charge in [-0.05, 0) is 18.9 Å². The fourth-order valence-corrected chi connectivity index (χ4v) is 2.08. The third kappa shape index (κ3) is 6.90. The SMILES string of the molecule is CCC(=O)NCC(=O)NCC(CC(C)O)c1ccccc1. The molecule has 0 heterocycles. The summed E-state index contributed by atoms with van der Waals surface area (Å²) in [7, 11) is 0. The van der Waals surface area contributed by atoms with Gasteiger partial charge in [-0.1, -0.05) is 37.3 Å². The van der Waals surface area contributed by atoms with Gasteiger partial charge in [0.15, 0.2) is 0 Å². The number of nitrogens with one attached hydrogen (secondary N) is 2.